The van der Waals surface area contributed by atoms with E-state index >= 15 is 0 Å². The van der Waals surface area contributed by atoms with E-state index in [9.17, 15) is 9.59 Å². The molecule has 0 radical (unpaired) electrons. The van der Waals surface area contributed by atoms with Gasteiger partial charge in [-0.05, 0) is 24.6 Å². The molecule has 0 aliphatic heterocycles. The first kappa shape index (κ1) is 17.5. The molecule has 0 unspecified atom stereocenters. The number of hydrogen-bond acceptors (Lipinski definition) is 3. The summed E-state index contributed by atoms with van der Waals surface area (Å²) in [4.78, 5) is 23.4. The first-order chi connectivity index (χ1) is 11.6. The Bertz CT molecular complexity index is 671. The average molecular weight is 326 g/mol. The van der Waals surface area contributed by atoms with Crippen LogP contribution in [0.5, 0.6) is 5.75 Å². The molecule has 0 heterocycles. The molecule has 2 aromatic rings. The van der Waals surface area contributed by atoms with Gasteiger partial charge >= 0.3 is 0 Å². The molecule has 2 N–H and O–H groups in total. The molecule has 0 saturated heterocycles. The Morgan fingerprint density at radius 2 is 1.75 bits per heavy atom. The fraction of sp³-hybridized carbons (Fsp3) is 0.263. The lowest BCUT2D eigenvalue weighted by molar-refractivity contribution is -0.126. The Hall–Kier alpha value is -2.82. The molecule has 0 fully saturated rings. The minimum Gasteiger partial charge on any atom is -0.493 e. The van der Waals surface area contributed by atoms with Crippen LogP contribution in [0, 0.1) is 6.92 Å². The van der Waals surface area contributed by atoms with Crippen LogP contribution in [0.2, 0.25) is 0 Å². The lowest BCUT2D eigenvalue weighted by Crippen LogP contribution is -2.37. The van der Waals surface area contributed by atoms with E-state index in [1.807, 2.05) is 61.5 Å². The zero-order valence-corrected chi connectivity index (χ0v) is 13.7. The van der Waals surface area contributed by atoms with Crippen LogP contribution in [0.4, 0.5) is 0 Å². The van der Waals surface area contributed by atoms with Crippen LogP contribution in [0.3, 0.4) is 0 Å². The highest BCUT2D eigenvalue weighted by molar-refractivity contribution is 5.84. The summed E-state index contributed by atoms with van der Waals surface area (Å²) in [6, 6.07) is 17.2. The number of para-hydroxylation sites is 1. The molecule has 5 heteroatoms. The number of benzene rings is 2. The average Bonchev–Trinajstić information content (AvgIpc) is 2.59. The SMILES string of the molecule is Cc1cccc(CNC(=O)CNC(=O)CCOc2ccccc2)c1. The maximum atomic E-state index is 11.7. The van der Waals surface area contributed by atoms with Gasteiger partial charge in [-0.1, -0.05) is 48.0 Å². The smallest absolute Gasteiger partial charge is 0.239 e. The van der Waals surface area contributed by atoms with Crippen LogP contribution in [0.15, 0.2) is 54.6 Å². The zero-order valence-electron chi connectivity index (χ0n) is 13.7. The summed E-state index contributed by atoms with van der Waals surface area (Å²) in [6.07, 6.45) is 0.208. The Morgan fingerprint density at radius 3 is 2.50 bits per heavy atom. The lowest BCUT2D eigenvalue weighted by atomic mass is 10.1. The summed E-state index contributed by atoms with van der Waals surface area (Å²) in [5.74, 6) is 0.298. The minimum absolute atomic E-state index is 0.0318. The summed E-state index contributed by atoms with van der Waals surface area (Å²) < 4.78 is 5.44. The van der Waals surface area contributed by atoms with E-state index in [4.69, 9.17) is 4.74 Å². The maximum Gasteiger partial charge on any atom is 0.239 e. The van der Waals surface area contributed by atoms with E-state index in [1.54, 1.807) is 0 Å². The van der Waals surface area contributed by atoms with Gasteiger partial charge in [-0.3, -0.25) is 9.59 Å². The van der Waals surface area contributed by atoms with Crippen LogP contribution >= 0.6 is 0 Å². The van der Waals surface area contributed by atoms with Crippen molar-refractivity contribution < 1.29 is 14.3 Å². The molecule has 2 aromatic carbocycles. The Labute approximate surface area is 142 Å². The van der Waals surface area contributed by atoms with Crippen LogP contribution in [-0.2, 0) is 16.1 Å². The van der Waals surface area contributed by atoms with E-state index in [-0.39, 0.29) is 31.4 Å². The van der Waals surface area contributed by atoms with Crippen LogP contribution in [0.1, 0.15) is 17.5 Å². The molecule has 0 bridgehead atoms. The Morgan fingerprint density at radius 1 is 0.958 bits per heavy atom. The molecule has 0 saturated carbocycles. The first-order valence-electron chi connectivity index (χ1n) is 7.90. The van der Waals surface area contributed by atoms with Crippen molar-refractivity contribution in [3.8, 4) is 5.75 Å². The van der Waals surface area contributed by atoms with Gasteiger partial charge in [0.2, 0.25) is 11.8 Å². The number of rotatable bonds is 8. The fourth-order valence-electron chi connectivity index (χ4n) is 2.13. The van der Waals surface area contributed by atoms with E-state index in [2.05, 4.69) is 10.6 Å². The van der Waals surface area contributed by atoms with E-state index in [0.29, 0.717) is 6.54 Å². The van der Waals surface area contributed by atoms with E-state index in [1.165, 1.54) is 0 Å². The summed E-state index contributed by atoms with van der Waals surface area (Å²) in [5, 5.41) is 5.36. The van der Waals surface area contributed by atoms with Gasteiger partial charge in [-0.15, -0.1) is 0 Å². The third kappa shape index (κ3) is 6.52. The van der Waals surface area contributed by atoms with Crippen molar-refractivity contribution in [2.24, 2.45) is 0 Å². The third-order valence-corrected chi connectivity index (χ3v) is 3.36. The first-order valence-corrected chi connectivity index (χ1v) is 7.90. The molecule has 0 aromatic heterocycles. The van der Waals surface area contributed by atoms with Gasteiger partial charge in [0.05, 0.1) is 19.6 Å². The van der Waals surface area contributed by atoms with Crippen molar-refractivity contribution in [3.63, 3.8) is 0 Å². The van der Waals surface area contributed by atoms with Gasteiger partial charge < -0.3 is 15.4 Å². The summed E-state index contributed by atoms with van der Waals surface area (Å²) in [5.41, 5.74) is 2.18. The number of carbonyl (C=O) groups is 2. The van der Waals surface area contributed by atoms with Crippen molar-refractivity contribution >= 4 is 11.8 Å². The normalized spacial score (nSPS) is 10.0. The van der Waals surface area contributed by atoms with Crippen molar-refractivity contribution in [1.29, 1.82) is 0 Å². The second-order valence-corrected chi connectivity index (χ2v) is 5.45. The number of nitrogens with one attached hydrogen (secondary N) is 2. The Balaban J connectivity index is 1.60. The molecule has 0 atom stereocenters. The van der Waals surface area contributed by atoms with Crippen LogP contribution in [0.25, 0.3) is 0 Å². The van der Waals surface area contributed by atoms with Crippen molar-refractivity contribution in [3.05, 3.63) is 65.7 Å². The molecule has 24 heavy (non-hydrogen) atoms. The number of aryl methyl sites for hydroxylation is 1. The third-order valence-electron chi connectivity index (χ3n) is 3.36. The summed E-state index contributed by atoms with van der Waals surface area (Å²) in [7, 11) is 0. The highest BCUT2D eigenvalue weighted by Crippen LogP contribution is 2.08. The number of ether oxygens (including phenoxy) is 1. The molecule has 5 nitrogen and oxygen atoms in total. The molecule has 2 amide bonds. The zero-order chi connectivity index (χ0) is 17.2. The summed E-state index contributed by atoms with van der Waals surface area (Å²) in [6.45, 7) is 2.70. The van der Waals surface area contributed by atoms with Gasteiger partial charge in [0.25, 0.3) is 0 Å². The standard InChI is InChI=1S/C19H22N2O3/c1-15-6-5-7-16(12-15)13-20-19(23)14-21-18(22)10-11-24-17-8-3-2-4-9-17/h2-9,12H,10-11,13-14H2,1H3,(H,20,23)(H,21,22). The maximum absolute atomic E-state index is 11.7. The fourth-order valence-corrected chi connectivity index (χ4v) is 2.13. The molecule has 0 spiro atoms. The topological polar surface area (TPSA) is 67.4 Å². The molecular formula is C19H22N2O3. The van der Waals surface area contributed by atoms with Crippen LogP contribution < -0.4 is 15.4 Å². The summed E-state index contributed by atoms with van der Waals surface area (Å²) >= 11 is 0. The highest BCUT2D eigenvalue weighted by atomic mass is 16.5. The van der Waals surface area contributed by atoms with Crippen molar-refractivity contribution in [2.45, 2.75) is 19.9 Å². The quantitative estimate of drug-likeness (QED) is 0.781. The number of amides is 2. The predicted octanol–water partition coefficient (Wildman–Crippen LogP) is 2.20. The molecular weight excluding hydrogens is 304 g/mol. The number of carbonyl (C=O) groups excluding carboxylic acids is 2. The molecule has 126 valence electrons. The van der Waals surface area contributed by atoms with Gasteiger partial charge in [-0.2, -0.15) is 0 Å². The molecule has 2 rings (SSSR count). The largest absolute Gasteiger partial charge is 0.493 e. The van der Waals surface area contributed by atoms with Gasteiger partial charge in [0, 0.05) is 6.54 Å². The van der Waals surface area contributed by atoms with E-state index < -0.39 is 0 Å². The van der Waals surface area contributed by atoms with Crippen molar-refractivity contribution in [1.82, 2.24) is 10.6 Å². The second-order valence-electron chi connectivity index (χ2n) is 5.45. The second kappa shape index (κ2) is 9.35. The highest BCUT2D eigenvalue weighted by Gasteiger charge is 2.06. The van der Waals surface area contributed by atoms with Crippen LogP contribution in [-0.4, -0.2) is 25.0 Å². The van der Waals surface area contributed by atoms with Gasteiger partial charge in [0.1, 0.15) is 5.75 Å². The Kier molecular flexibility index (Phi) is 6.83. The predicted molar refractivity (Wildman–Crippen MR) is 92.6 cm³/mol. The van der Waals surface area contributed by atoms with Crippen molar-refractivity contribution in [2.75, 3.05) is 13.2 Å². The lowest BCUT2D eigenvalue weighted by Gasteiger charge is -2.08. The molecule has 0 aliphatic carbocycles. The van der Waals surface area contributed by atoms with Gasteiger partial charge in [-0.25, -0.2) is 0 Å². The minimum atomic E-state index is -0.214. The number of hydrogen-bond donors (Lipinski definition) is 2. The van der Waals surface area contributed by atoms with Gasteiger partial charge in [0.15, 0.2) is 0 Å². The van der Waals surface area contributed by atoms with E-state index in [0.717, 1.165) is 16.9 Å². The monoisotopic (exact) mass is 326 g/mol. The molecule has 0 aliphatic rings.